The third-order valence-corrected chi connectivity index (χ3v) is 2.84. The van der Waals surface area contributed by atoms with Gasteiger partial charge in [0.25, 0.3) is 0 Å². The van der Waals surface area contributed by atoms with E-state index in [1.807, 2.05) is 12.1 Å². The number of allylic oxidation sites excluding steroid dienone is 2. The maximum Gasteiger partial charge on any atom is 0.118 e. The Morgan fingerprint density at radius 1 is 1.16 bits per heavy atom. The van der Waals surface area contributed by atoms with Crippen LogP contribution in [0.2, 0.25) is 0 Å². The van der Waals surface area contributed by atoms with Crippen molar-refractivity contribution in [1.29, 1.82) is 0 Å². The second kappa shape index (κ2) is 7.88. The molecule has 0 aromatic heterocycles. The van der Waals surface area contributed by atoms with Crippen LogP contribution in [0.1, 0.15) is 39.7 Å². The smallest absolute Gasteiger partial charge is 0.118 e. The minimum atomic E-state index is 0.581. The molecule has 0 fully saturated rings. The van der Waals surface area contributed by atoms with E-state index in [1.165, 1.54) is 11.3 Å². The maximum absolute atomic E-state index is 5.17. The van der Waals surface area contributed by atoms with Gasteiger partial charge in [-0.2, -0.15) is 0 Å². The lowest BCUT2D eigenvalue weighted by atomic mass is 10.0. The second-order valence-corrected chi connectivity index (χ2v) is 5.74. The Morgan fingerprint density at radius 3 is 2.26 bits per heavy atom. The van der Waals surface area contributed by atoms with Gasteiger partial charge >= 0.3 is 0 Å². The number of ether oxygens (including phenoxy) is 1. The van der Waals surface area contributed by atoms with Crippen LogP contribution in [0.25, 0.3) is 0 Å². The first-order chi connectivity index (χ1) is 9.01. The molecule has 0 aliphatic heterocycles. The summed E-state index contributed by atoms with van der Waals surface area (Å²) in [5.41, 5.74) is 2.63. The summed E-state index contributed by atoms with van der Waals surface area (Å²) in [5, 5.41) is 3.56. The standard InChI is InChI=1S/C17H27NO/c1-13(2)10-16(11-14(3)4)18-12-15-6-8-17(19-5)9-7-15/h6-10,13-14,18H,11-12H2,1-5H3/b16-10-. The second-order valence-electron chi connectivity index (χ2n) is 5.74. The monoisotopic (exact) mass is 261 g/mol. The average Bonchev–Trinajstić information content (AvgIpc) is 2.35. The van der Waals surface area contributed by atoms with Crippen molar-refractivity contribution < 1.29 is 4.74 Å². The van der Waals surface area contributed by atoms with E-state index >= 15 is 0 Å². The molecule has 0 unspecified atom stereocenters. The van der Waals surface area contributed by atoms with Crippen LogP contribution in [0.3, 0.4) is 0 Å². The summed E-state index contributed by atoms with van der Waals surface area (Å²) in [6.07, 6.45) is 3.43. The number of rotatable bonds is 7. The van der Waals surface area contributed by atoms with Gasteiger partial charge in [-0.1, -0.05) is 45.9 Å². The Morgan fingerprint density at radius 2 is 1.79 bits per heavy atom. The van der Waals surface area contributed by atoms with E-state index in [9.17, 15) is 0 Å². The largest absolute Gasteiger partial charge is 0.497 e. The summed E-state index contributed by atoms with van der Waals surface area (Å²) in [4.78, 5) is 0. The van der Waals surface area contributed by atoms with Crippen LogP contribution in [-0.2, 0) is 6.54 Å². The van der Waals surface area contributed by atoms with Crippen LogP contribution >= 0.6 is 0 Å². The molecule has 0 saturated heterocycles. The summed E-state index contributed by atoms with van der Waals surface area (Å²) in [6, 6.07) is 8.22. The van der Waals surface area contributed by atoms with Gasteiger partial charge in [0.05, 0.1) is 7.11 Å². The van der Waals surface area contributed by atoms with Crippen molar-refractivity contribution >= 4 is 0 Å². The zero-order valence-electron chi connectivity index (χ0n) is 12.9. The molecule has 106 valence electrons. The molecule has 0 atom stereocenters. The van der Waals surface area contributed by atoms with Crippen molar-refractivity contribution in [3.8, 4) is 5.75 Å². The fourth-order valence-corrected chi connectivity index (χ4v) is 2.00. The van der Waals surface area contributed by atoms with Gasteiger partial charge in [0.1, 0.15) is 5.75 Å². The summed E-state index contributed by atoms with van der Waals surface area (Å²) in [7, 11) is 1.69. The van der Waals surface area contributed by atoms with E-state index < -0.39 is 0 Å². The lowest BCUT2D eigenvalue weighted by molar-refractivity contribution is 0.414. The topological polar surface area (TPSA) is 21.3 Å². The SMILES string of the molecule is COc1ccc(CN/C(=C\C(C)C)CC(C)C)cc1. The van der Waals surface area contributed by atoms with E-state index in [1.54, 1.807) is 7.11 Å². The Labute approximate surface area is 117 Å². The minimum absolute atomic E-state index is 0.581. The Kier molecular flexibility index (Phi) is 6.48. The van der Waals surface area contributed by atoms with Crippen LogP contribution in [0.15, 0.2) is 36.0 Å². The summed E-state index contributed by atoms with van der Waals surface area (Å²) in [5.74, 6) is 2.16. The minimum Gasteiger partial charge on any atom is -0.497 e. The zero-order chi connectivity index (χ0) is 14.3. The highest BCUT2D eigenvalue weighted by Gasteiger charge is 2.03. The van der Waals surface area contributed by atoms with Gasteiger partial charge in [-0.05, 0) is 36.0 Å². The number of methoxy groups -OCH3 is 1. The predicted octanol–water partition coefficient (Wildman–Crippen LogP) is 4.37. The molecule has 0 saturated carbocycles. The van der Waals surface area contributed by atoms with Gasteiger partial charge < -0.3 is 10.1 Å². The molecule has 2 heteroatoms. The summed E-state index contributed by atoms with van der Waals surface area (Å²) in [6.45, 7) is 9.81. The molecule has 0 bridgehead atoms. The fourth-order valence-electron chi connectivity index (χ4n) is 2.00. The molecule has 0 spiro atoms. The van der Waals surface area contributed by atoms with Crippen LogP contribution in [0.4, 0.5) is 0 Å². The van der Waals surface area contributed by atoms with Gasteiger partial charge in [0, 0.05) is 12.2 Å². The normalized spacial score (nSPS) is 12.1. The molecule has 0 aliphatic carbocycles. The number of benzene rings is 1. The zero-order valence-corrected chi connectivity index (χ0v) is 12.9. The summed E-state index contributed by atoms with van der Waals surface area (Å²) < 4.78 is 5.17. The molecule has 1 rings (SSSR count). The van der Waals surface area contributed by atoms with Crippen LogP contribution in [0, 0.1) is 11.8 Å². The molecule has 2 nitrogen and oxygen atoms in total. The molecule has 0 amide bonds. The van der Waals surface area contributed by atoms with Gasteiger partial charge in [0.2, 0.25) is 0 Å². The molecule has 1 N–H and O–H groups in total. The predicted molar refractivity (Wildman–Crippen MR) is 82.2 cm³/mol. The Balaban J connectivity index is 2.59. The molecule has 19 heavy (non-hydrogen) atoms. The summed E-state index contributed by atoms with van der Waals surface area (Å²) >= 11 is 0. The van der Waals surface area contributed by atoms with Crippen molar-refractivity contribution in [1.82, 2.24) is 5.32 Å². The van der Waals surface area contributed by atoms with Gasteiger partial charge in [-0.15, -0.1) is 0 Å². The molecular formula is C17H27NO. The Bertz CT molecular complexity index is 390. The third kappa shape index (κ3) is 6.32. The van der Waals surface area contributed by atoms with Crippen molar-refractivity contribution in [3.63, 3.8) is 0 Å². The molecular weight excluding hydrogens is 234 g/mol. The first kappa shape index (κ1) is 15.6. The highest BCUT2D eigenvalue weighted by atomic mass is 16.5. The van der Waals surface area contributed by atoms with E-state index in [0.29, 0.717) is 11.8 Å². The number of hydrogen-bond donors (Lipinski definition) is 1. The van der Waals surface area contributed by atoms with Crippen molar-refractivity contribution in [2.75, 3.05) is 7.11 Å². The lowest BCUT2D eigenvalue weighted by Crippen LogP contribution is -2.15. The van der Waals surface area contributed by atoms with Gasteiger partial charge in [-0.3, -0.25) is 0 Å². The average molecular weight is 261 g/mol. The quantitative estimate of drug-likeness (QED) is 0.787. The van der Waals surface area contributed by atoms with E-state index in [2.05, 4.69) is 51.2 Å². The Hall–Kier alpha value is -1.44. The van der Waals surface area contributed by atoms with Crippen LogP contribution in [-0.4, -0.2) is 7.11 Å². The van der Waals surface area contributed by atoms with Gasteiger partial charge in [-0.25, -0.2) is 0 Å². The maximum atomic E-state index is 5.17. The van der Waals surface area contributed by atoms with E-state index in [-0.39, 0.29) is 0 Å². The fraction of sp³-hybridized carbons (Fsp3) is 0.529. The third-order valence-electron chi connectivity index (χ3n) is 2.84. The van der Waals surface area contributed by atoms with Crippen molar-refractivity contribution in [2.45, 2.75) is 40.7 Å². The molecule has 0 radical (unpaired) electrons. The van der Waals surface area contributed by atoms with E-state index in [4.69, 9.17) is 4.74 Å². The highest BCUT2D eigenvalue weighted by Crippen LogP contribution is 2.14. The van der Waals surface area contributed by atoms with Crippen molar-refractivity contribution in [3.05, 3.63) is 41.6 Å². The molecule has 0 aliphatic rings. The molecule has 1 aromatic rings. The number of nitrogens with one attached hydrogen (secondary N) is 1. The lowest BCUT2D eigenvalue weighted by Gasteiger charge is -2.15. The highest BCUT2D eigenvalue weighted by molar-refractivity contribution is 5.27. The van der Waals surface area contributed by atoms with Gasteiger partial charge in [0.15, 0.2) is 0 Å². The van der Waals surface area contributed by atoms with Crippen LogP contribution < -0.4 is 10.1 Å². The first-order valence-electron chi connectivity index (χ1n) is 7.08. The van der Waals surface area contributed by atoms with E-state index in [0.717, 1.165) is 18.7 Å². The van der Waals surface area contributed by atoms with Crippen molar-refractivity contribution in [2.24, 2.45) is 11.8 Å². The first-order valence-corrected chi connectivity index (χ1v) is 7.08. The van der Waals surface area contributed by atoms with Crippen LogP contribution in [0.5, 0.6) is 5.75 Å². The molecule has 1 aromatic carbocycles. The number of hydrogen-bond acceptors (Lipinski definition) is 2. The molecule has 0 heterocycles.